The Balaban J connectivity index is 1.11. The number of piperidine rings is 1. The van der Waals surface area contributed by atoms with Crippen molar-refractivity contribution >= 4 is 33.2 Å². The van der Waals surface area contributed by atoms with E-state index in [1.807, 2.05) is 24.3 Å². The van der Waals surface area contributed by atoms with E-state index in [0.717, 1.165) is 85.3 Å². The van der Waals surface area contributed by atoms with Crippen LogP contribution >= 0.6 is 0 Å². The minimum absolute atomic E-state index is 0.0607. The maximum absolute atomic E-state index is 13.8. The third-order valence-corrected chi connectivity index (χ3v) is 7.38. The summed E-state index contributed by atoms with van der Waals surface area (Å²) in [7, 11) is 0. The summed E-state index contributed by atoms with van der Waals surface area (Å²) in [5, 5.41) is 2.04. The van der Waals surface area contributed by atoms with Gasteiger partial charge in [-0.15, -0.1) is 0 Å². The standard InChI is InChI=1S/C27H28FN5O/c28-24-9-7-19-3-1-5-22(26(19)29-24)32-13-11-21(12-14-32)31-15-17-33(18-16-31)23-6-2-4-20-8-10-25(34)30-27(20)23/h1-10,21H,11-18H2,(H,30,34). The fourth-order valence-corrected chi connectivity index (χ4v) is 5.59. The number of anilines is 2. The van der Waals surface area contributed by atoms with Crippen molar-refractivity contribution in [3.63, 3.8) is 0 Å². The average Bonchev–Trinajstić information content (AvgIpc) is 2.88. The van der Waals surface area contributed by atoms with E-state index in [2.05, 4.69) is 42.9 Å². The van der Waals surface area contributed by atoms with Crippen LogP contribution in [0.3, 0.4) is 0 Å². The molecule has 4 heterocycles. The Morgan fingerprint density at radius 1 is 0.765 bits per heavy atom. The van der Waals surface area contributed by atoms with Crippen LogP contribution in [0.5, 0.6) is 0 Å². The topological polar surface area (TPSA) is 55.5 Å². The smallest absolute Gasteiger partial charge is 0.248 e. The lowest BCUT2D eigenvalue weighted by atomic mass is 10.0. The van der Waals surface area contributed by atoms with Crippen LogP contribution in [0, 0.1) is 5.95 Å². The van der Waals surface area contributed by atoms with Gasteiger partial charge in [0.2, 0.25) is 11.5 Å². The lowest BCUT2D eigenvalue weighted by molar-refractivity contribution is 0.160. The second-order valence-electron chi connectivity index (χ2n) is 9.29. The van der Waals surface area contributed by atoms with Gasteiger partial charge in [0.15, 0.2) is 0 Å². The molecular weight excluding hydrogens is 429 g/mol. The summed E-state index contributed by atoms with van der Waals surface area (Å²) in [6, 6.07) is 19.5. The van der Waals surface area contributed by atoms with E-state index in [4.69, 9.17) is 0 Å². The highest BCUT2D eigenvalue weighted by Gasteiger charge is 2.28. The Morgan fingerprint density at radius 2 is 1.44 bits per heavy atom. The van der Waals surface area contributed by atoms with Gasteiger partial charge in [-0.2, -0.15) is 4.39 Å². The molecule has 4 aromatic rings. The molecule has 0 saturated carbocycles. The third kappa shape index (κ3) is 3.90. The number of aromatic nitrogens is 2. The third-order valence-electron chi connectivity index (χ3n) is 7.38. The van der Waals surface area contributed by atoms with Crippen molar-refractivity contribution in [1.82, 2.24) is 14.9 Å². The second-order valence-corrected chi connectivity index (χ2v) is 9.29. The predicted octanol–water partition coefficient (Wildman–Crippen LogP) is 4.01. The quantitative estimate of drug-likeness (QED) is 0.471. The van der Waals surface area contributed by atoms with Crippen LogP contribution in [0.4, 0.5) is 15.8 Å². The Bertz CT molecular complexity index is 1390. The number of rotatable bonds is 3. The molecule has 1 N–H and O–H groups in total. The molecule has 2 saturated heterocycles. The highest BCUT2D eigenvalue weighted by molar-refractivity contribution is 5.91. The van der Waals surface area contributed by atoms with Crippen molar-refractivity contribution in [3.8, 4) is 0 Å². The first kappa shape index (κ1) is 21.1. The molecular formula is C27H28FN5O. The molecule has 0 amide bonds. The number of halogens is 1. The van der Waals surface area contributed by atoms with E-state index in [1.54, 1.807) is 12.1 Å². The minimum Gasteiger partial charge on any atom is -0.370 e. The van der Waals surface area contributed by atoms with Gasteiger partial charge >= 0.3 is 0 Å². The minimum atomic E-state index is -0.428. The number of nitrogens with one attached hydrogen (secondary N) is 1. The van der Waals surface area contributed by atoms with Gasteiger partial charge in [0.05, 0.1) is 22.4 Å². The molecule has 0 atom stereocenters. The number of benzene rings is 2. The number of nitrogens with zero attached hydrogens (tertiary/aromatic N) is 4. The largest absolute Gasteiger partial charge is 0.370 e. The maximum atomic E-state index is 13.8. The number of para-hydroxylation sites is 2. The Labute approximate surface area is 197 Å². The number of pyridine rings is 2. The molecule has 0 spiro atoms. The van der Waals surface area contributed by atoms with Gasteiger partial charge in [-0.05, 0) is 43.2 Å². The fourth-order valence-electron chi connectivity index (χ4n) is 5.59. The number of aromatic amines is 1. The van der Waals surface area contributed by atoms with Crippen molar-refractivity contribution in [2.24, 2.45) is 0 Å². The van der Waals surface area contributed by atoms with Gasteiger partial charge in [0.25, 0.3) is 0 Å². The molecule has 34 heavy (non-hydrogen) atoms. The maximum Gasteiger partial charge on any atom is 0.248 e. The first-order valence-electron chi connectivity index (χ1n) is 12.1. The average molecular weight is 458 g/mol. The van der Waals surface area contributed by atoms with Crippen LogP contribution in [0.25, 0.3) is 21.8 Å². The van der Waals surface area contributed by atoms with Crippen molar-refractivity contribution in [2.45, 2.75) is 18.9 Å². The summed E-state index contributed by atoms with van der Waals surface area (Å²) in [5.41, 5.74) is 3.76. The zero-order valence-corrected chi connectivity index (χ0v) is 19.1. The lowest BCUT2D eigenvalue weighted by Gasteiger charge is -2.44. The van der Waals surface area contributed by atoms with Crippen molar-refractivity contribution < 1.29 is 4.39 Å². The van der Waals surface area contributed by atoms with Crippen LogP contribution in [0.15, 0.2) is 65.5 Å². The molecule has 2 aliphatic rings. The van der Waals surface area contributed by atoms with Crippen molar-refractivity contribution in [1.29, 1.82) is 0 Å². The van der Waals surface area contributed by atoms with E-state index < -0.39 is 5.95 Å². The van der Waals surface area contributed by atoms with Crippen LogP contribution in [0.2, 0.25) is 0 Å². The molecule has 2 aromatic carbocycles. The van der Waals surface area contributed by atoms with Crippen LogP contribution < -0.4 is 15.4 Å². The molecule has 2 aromatic heterocycles. The monoisotopic (exact) mass is 457 g/mol. The van der Waals surface area contributed by atoms with Crippen LogP contribution in [0.1, 0.15) is 12.8 Å². The molecule has 6 nitrogen and oxygen atoms in total. The normalized spacial score (nSPS) is 18.1. The summed E-state index contributed by atoms with van der Waals surface area (Å²) in [5.74, 6) is -0.428. The van der Waals surface area contributed by atoms with E-state index in [1.165, 1.54) is 6.07 Å². The second kappa shape index (κ2) is 8.72. The highest BCUT2D eigenvalue weighted by Crippen LogP contribution is 2.30. The Morgan fingerprint density at radius 3 is 2.24 bits per heavy atom. The zero-order chi connectivity index (χ0) is 23.1. The van der Waals surface area contributed by atoms with E-state index in [9.17, 15) is 9.18 Å². The number of fused-ring (bicyclic) bond motifs is 2. The highest BCUT2D eigenvalue weighted by atomic mass is 19.1. The number of hydrogen-bond donors (Lipinski definition) is 1. The van der Waals surface area contributed by atoms with Gasteiger partial charge in [0, 0.05) is 62.1 Å². The molecule has 0 bridgehead atoms. The molecule has 0 aliphatic carbocycles. The van der Waals surface area contributed by atoms with Crippen molar-refractivity contribution in [2.75, 3.05) is 49.1 Å². The summed E-state index contributed by atoms with van der Waals surface area (Å²) in [6.45, 7) is 5.82. The molecule has 0 radical (unpaired) electrons. The number of H-pyrrole nitrogens is 1. The lowest BCUT2D eigenvalue weighted by Crippen LogP contribution is -2.53. The van der Waals surface area contributed by atoms with Gasteiger partial charge in [-0.1, -0.05) is 24.3 Å². The zero-order valence-electron chi connectivity index (χ0n) is 19.1. The SMILES string of the molecule is O=c1ccc2cccc(N3CCN(C4CCN(c5cccc6ccc(F)nc56)CC4)CC3)c2[nH]1. The molecule has 0 unspecified atom stereocenters. The summed E-state index contributed by atoms with van der Waals surface area (Å²) in [6.07, 6.45) is 2.18. The molecule has 174 valence electrons. The molecule has 6 rings (SSSR count). The summed E-state index contributed by atoms with van der Waals surface area (Å²) in [4.78, 5) is 26.4. The summed E-state index contributed by atoms with van der Waals surface area (Å²) < 4.78 is 13.8. The van der Waals surface area contributed by atoms with E-state index >= 15 is 0 Å². The van der Waals surface area contributed by atoms with Gasteiger partial charge in [-0.3, -0.25) is 9.69 Å². The predicted molar refractivity (Wildman–Crippen MR) is 135 cm³/mol. The van der Waals surface area contributed by atoms with E-state index in [-0.39, 0.29) is 5.56 Å². The first-order valence-corrected chi connectivity index (χ1v) is 12.1. The molecule has 7 heteroatoms. The Kier molecular flexibility index (Phi) is 5.41. The fraction of sp³-hybridized carbons (Fsp3) is 0.333. The number of piperazine rings is 1. The summed E-state index contributed by atoms with van der Waals surface area (Å²) >= 11 is 0. The molecule has 2 aliphatic heterocycles. The van der Waals surface area contributed by atoms with Gasteiger partial charge < -0.3 is 14.8 Å². The van der Waals surface area contributed by atoms with Crippen LogP contribution in [-0.4, -0.2) is 60.2 Å². The van der Waals surface area contributed by atoms with Gasteiger partial charge in [0.1, 0.15) is 0 Å². The number of hydrogen-bond acceptors (Lipinski definition) is 5. The van der Waals surface area contributed by atoms with E-state index in [0.29, 0.717) is 6.04 Å². The van der Waals surface area contributed by atoms with Crippen LogP contribution in [-0.2, 0) is 0 Å². The first-order chi connectivity index (χ1) is 16.7. The molecule has 2 fully saturated rings. The van der Waals surface area contributed by atoms with Crippen molar-refractivity contribution in [3.05, 3.63) is 77.0 Å². The Hall–Kier alpha value is -3.45. The van der Waals surface area contributed by atoms with Gasteiger partial charge in [-0.25, -0.2) is 4.98 Å².